The van der Waals surface area contributed by atoms with Gasteiger partial charge in [0.15, 0.2) is 11.5 Å². The fraction of sp³-hybridized carbons (Fsp3) is 0.280. The number of rotatable bonds is 4. The zero-order valence-corrected chi connectivity index (χ0v) is 17.4. The second-order valence-electron chi connectivity index (χ2n) is 7.79. The normalized spacial score (nSPS) is 15.9. The van der Waals surface area contributed by atoms with Crippen LogP contribution in [0.1, 0.15) is 24.8 Å². The predicted molar refractivity (Wildman–Crippen MR) is 119 cm³/mol. The van der Waals surface area contributed by atoms with Crippen LogP contribution in [0.2, 0.25) is 0 Å². The monoisotopic (exact) mass is 415 g/mol. The van der Waals surface area contributed by atoms with Gasteiger partial charge in [-0.15, -0.1) is 0 Å². The summed E-state index contributed by atoms with van der Waals surface area (Å²) in [5.74, 6) is 1.52. The van der Waals surface area contributed by atoms with Crippen molar-refractivity contribution < 1.29 is 14.3 Å². The molecule has 2 aliphatic heterocycles. The highest BCUT2D eigenvalue weighted by molar-refractivity contribution is 5.93. The third-order valence-corrected chi connectivity index (χ3v) is 5.65. The number of aromatic nitrogens is 2. The molecule has 31 heavy (non-hydrogen) atoms. The molecule has 2 aromatic carbocycles. The van der Waals surface area contributed by atoms with Gasteiger partial charge in [-0.1, -0.05) is 18.2 Å². The van der Waals surface area contributed by atoms with Crippen molar-refractivity contribution in [2.75, 3.05) is 26.3 Å². The summed E-state index contributed by atoms with van der Waals surface area (Å²) in [4.78, 5) is 14.6. The third kappa shape index (κ3) is 4.19. The van der Waals surface area contributed by atoms with Crippen LogP contribution >= 0.6 is 0 Å². The summed E-state index contributed by atoms with van der Waals surface area (Å²) in [7, 11) is 0. The summed E-state index contributed by atoms with van der Waals surface area (Å²) in [5.41, 5.74) is 3.56. The topological polar surface area (TPSA) is 56.6 Å². The van der Waals surface area contributed by atoms with Crippen LogP contribution in [-0.4, -0.2) is 46.9 Å². The molecule has 1 saturated heterocycles. The van der Waals surface area contributed by atoms with Crippen LogP contribution in [0.25, 0.3) is 23.0 Å². The predicted octanol–water partition coefficient (Wildman–Crippen LogP) is 4.34. The second-order valence-corrected chi connectivity index (χ2v) is 7.79. The molecule has 6 heteroatoms. The number of carbonyl (C=O) groups excluding carboxylic acids is 1. The summed E-state index contributed by atoms with van der Waals surface area (Å²) in [6, 6.07) is 15.8. The van der Waals surface area contributed by atoms with Crippen molar-refractivity contribution >= 4 is 12.0 Å². The van der Waals surface area contributed by atoms with Crippen LogP contribution in [0.15, 0.2) is 60.8 Å². The Labute approximate surface area is 181 Å². The Bertz CT molecular complexity index is 1100. The highest BCUT2D eigenvalue weighted by Gasteiger charge is 2.18. The van der Waals surface area contributed by atoms with Gasteiger partial charge in [-0.2, -0.15) is 5.10 Å². The molecule has 6 nitrogen and oxygen atoms in total. The maximum Gasteiger partial charge on any atom is 0.246 e. The van der Waals surface area contributed by atoms with Gasteiger partial charge >= 0.3 is 0 Å². The maximum atomic E-state index is 12.7. The maximum absolute atomic E-state index is 12.7. The molecule has 0 N–H and O–H groups in total. The van der Waals surface area contributed by atoms with Crippen LogP contribution in [0.4, 0.5) is 0 Å². The molecule has 0 spiro atoms. The summed E-state index contributed by atoms with van der Waals surface area (Å²) in [6.45, 7) is 2.76. The Morgan fingerprint density at radius 3 is 2.52 bits per heavy atom. The van der Waals surface area contributed by atoms with Crippen molar-refractivity contribution in [2.24, 2.45) is 0 Å². The summed E-state index contributed by atoms with van der Waals surface area (Å²) < 4.78 is 13.3. The van der Waals surface area contributed by atoms with Crippen LogP contribution in [0.5, 0.6) is 11.5 Å². The highest BCUT2D eigenvalue weighted by atomic mass is 16.6. The van der Waals surface area contributed by atoms with E-state index in [0.29, 0.717) is 13.2 Å². The molecule has 1 amide bonds. The van der Waals surface area contributed by atoms with Crippen molar-refractivity contribution in [1.82, 2.24) is 14.7 Å². The molecular formula is C25H25N3O3. The van der Waals surface area contributed by atoms with E-state index < -0.39 is 0 Å². The van der Waals surface area contributed by atoms with Gasteiger partial charge in [0, 0.05) is 36.5 Å². The Kier molecular flexibility index (Phi) is 5.44. The first-order chi connectivity index (χ1) is 15.3. The smallest absolute Gasteiger partial charge is 0.246 e. The molecule has 0 radical (unpaired) electrons. The molecule has 3 aromatic rings. The lowest BCUT2D eigenvalue weighted by molar-refractivity contribution is -0.126. The number of carbonyl (C=O) groups is 1. The minimum absolute atomic E-state index is 0.0558. The minimum atomic E-state index is 0.0558. The lowest BCUT2D eigenvalue weighted by atomic mass is 10.1. The van der Waals surface area contributed by atoms with E-state index in [1.807, 2.05) is 70.4 Å². The van der Waals surface area contributed by atoms with Gasteiger partial charge in [-0.25, -0.2) is 4.68 Å². The fourth-order valence-corrected chi connectivity index (χ4v) is 4.02. The first-order valence-corrected chi connectivity index (χ1v) is 10.8. The second kappa shape index (κ2) is 8.68. The zero-order chi connectivity index (χ0) is 21.0. The molecule has 1 fully saturated rings. The highest BCUT2D eigenvalue weighted by Crippen LogP contribution is 2.35. The number of nitrogens with zero attached hydrogens (tertiary/aromatic N) is 3. The van der Waals surface area contributed by atoms with Crippen LogP contribution < -0.4 is 9.47 Å². The lowest BCUT2D eigenvalue weighted by Gasteiger charge is -2.25. The largest absolute Gasteiger partial charge is 0.486 e. The van der Waals surface area contributed by atoms with Crippen molar-refractivity contribution in [2.45, 2.75) is 19.3 Å². The van der Waals surface area contributed by atoms with Crippen LogP contribution in [0, 0.1) is 0 Å². The van der Waals surface area contributed by atoms with E-state index in [9.17, 15) is 4.79 Å². The molecule has 1 aromatic heterocycles. The molecule has 3 heterocycles. The SMILES string of the molecule is O=C(C=Cc1cn(-c2ccccc2)nc1-c1ccc2c(c1)OCCO2)N1CCCCC1. The summed E-state index contributed by atoms with van der Waals surface area (Å²) >= 11 is 0. The lowest BCUT2D eigenvalue weighted by Crippen LogP contribution is -2.34. The van der Waals surface area contributed by atoms with Crippen LogP contribution in [0.3, 0.4) is 0 Å². The molecule has 0 bridgehead atoms. The number of likely N-dealkylation sites (tertiary alicyclic amines) is 1. The molecule has 0 unspecified atom stereocenters. The van der Waals surface area contributed by atoms with Crippen molar-refractivity contribution in [3.8, 4) is 28.4 Å². The number of amides is 1. The van der Waals surface area contributed by atoms with Gasteiger partial charge < -0.3 is 14.4 Å². The van der Waals surface area contributed by atoms with Crippen molar-refractivity contribution in [3.63, 3.8) is 0 Å². The average molecular weight is 415 g/mol. The van der Waals surface area contributed by atoms with Gasteiger partial charge in [0.2, 0.25) is 5.91 Å². The zero-order valence-electron chi connectivity index (χ0n) is 17.4. The van der Waals surface area contributed by atoms with E-state index in [1.54, 1.807) is 6.08 Å². The van der Waals surface area contributed by atoms with Crippen LogP contribution in [-0.2, 0) is 4.79 Å². The Balaban J connectivity index is 1.50. The molecule has 0 atom stereocenters. The molecular weight excluding hydrogens is 390 g/mol. The average Bonchev–Trinajstić information content (AvgIpc) is 3.27. The van der Waals surface area contributed by atoms with Gasteiger partial charge in [-0.3, -0.25) is 4.79 Å². The minimum Gasteiger partial charge on any atom is -0.486 e. The standard InChI is InChI=1S/C25H25N3O3/c29-24(27-13-5-2-6-14-27)12-10-20-18-28(21-7-3-1-4-8-21)26-25(20)19-9-11-22-23(17-19)31-16-15-30-22/h1,3-4,7-12,17-18H,2,5-6,13-16H2. The first kappa shape index (κ1) is 19.4. The number of ether oxygens (including phenoxy) is 2. The third-order valence-electron chi connectivity index (χ3n) is 5.65. The van der Waals surface area contributed by atoms with E-state index in [0.717, 1.165) is 59.9 Å². The van der Waals surface area contributed by atoms with E-state index in [4.69, 9.17) is 14.6 Å². The van der Waals surface area contributed by atoms with E-state index >= 15 is 0 Å². The van der Waals surface area contributed by atoms with Crippen molar-refractivity contribution in [3.05, 3.63) is 66.4 Å². The van der Waals surface area contributed by atoms with Gasteiger partial charge in [-0.05, 0) is 55.7 Å². The van der Waals surface area contributed by atoms with Gasteiger partial charge in [0.25, 0.3) is 0 Å². The molecule has 158 valence electrons. The number of hydrogen-bond donors (Lipinski definition) is 0. The number of fused-ring (bicyclic) bond motifs is 1. The number of piperidine rings is 1. The van der Waals surface area contributed by atoms with Crippen molar-refractivity contribution in [1.29, 1.82) is 0 Å². The van der Waals surface area contributed by atoms with Gasteiger partial charge in [0.05, 0.1) is 5.69 Å². The Morgan fingerprint density at radius 2 is 1.71 bits per heavy atom. The number of hydrogen-bond acceptors (Lipinski definition) is 4. The molecule has 5 rings (SSSR count). The Hall–Kier alpha value is -3.54. The molecule has 2 aliphatic rings. The first-order valence-electron chi connectivity index (χ1n) is 10.8. The van der Waals surface area contributed by atoms with E-state index in [2.05, 4.69) is 0 Å². The fourth-order valence-electron chi connectivity index (χ4n) is 4.02. The van der Waals surface area contributed by atoms with Gasteiger partial charge in [0.1, 0.15) is 18.9 Å². The molecule has 0 aliphatic carbocycles. The quantitative estimate of drug-likeness (QED) is 0.595. The van der Waals surface area contributed by atoms with E-state index in [1.165, 1.54) is 6.42 Å². The number of para-hydroxylation sites is 1. The number of benzene rings is 2. The van der Waals surface area contributed by atoms with E-state index in [-0.39, 0.29) is 5.91 Å². The summed E-state index contributed by atoms with van der Waals surface area (Å²) in [6.07, 6.45) is 8.85. The molecule has 0 saturated carbocycles. The Morgan fingerprint density at radius 1 is 0.935 bits per heavy atom. The summed E-state index contributed by atoms with van der Waals surface area (Å²) in [5, 5.41) is 4.83.